The molecule has 2 aliphatic rings. The Bertz CT molecular complexity index is 1240. The molecule has 1 aliphatic heterocycles. The van der Waals surface area contributed by atoms with Crippen LogP contribution >= 0.6 is 0 Å². The van der Waals surface area contributed by atoms with Gasteiger partial charge in [0.25, 0.3) is 0 Å². The van der Waals surface area contributed by atoms with Crippen LogP contribution < -0.4 is 23.8 Å². The number of anilines is 1. The summed E-state index contributed by atoms with van der Waals surface area (Å²) < 4.78 is 42.5. The molecule has 2 amide bonds. The van der Waals surface area contributed by atoms with Gasteiger partial charge in [-0.3, -0.25) is 13.9 Å². The Hall–Kier alpha value is -3.47. The first kappa shape index (κ1) is 26.6. The van der Waals surface area contributed by atoms with Gasteiger partial charge >= 0.3 is 0 Å². The number of amides is 2. The van der Waals surface area contributed by atoms with Crippen molar-refractivity contribution in [2.45, 2.75) is 51.2 Å². The van der Waals surface area contributed by atoms with Crippen LogP contribution in [0.5, 0.6) is 17.2 Å². The van der Waals surface area contributed by atoms with Crippen molar-refractivity contribution >= 4 is 27.5 Å². The molecule has 1 unspecified atom stereocenters. The summed E-state index contributed by atoms with van der Waals surface area (Å²) >= 11 is 0. The van der Waals surface area contributed by atoms with E-state index in [4.69, 9.17) is 14.2 Å². The molecular formula is C26H33N3O7S. The lowest BCUT2D eigenvalue weighted by molar-refractivity contribution is -0.139. The van der Waals surface area contributed by atoms with Crippen LogP contribution in [0.4, 0.5) is 5.69 Å². The lowest BCUT2D eigenvalue weighted by atomic mass is 10.1. The van der Waals surface area contributed by atoms with E-state index in [-0.39, 0.29) is 31.0 Å². The summed E-state index contributed by atoms with van der Waals surface area (Å²) in [6, 6.07) is 11.2. The first-order valence-electron chi connectivity index (χ1n) is 12.3. The lowest BCUT2D eigenvalue weighted by Crippen LogP contribution is -2.52. The summed E-state index contributed by atoms with van der Waals surface area (Å²) in [4.78, 5) is 28.3. The number of nitrogens with one attached hydrogen (secondary N) is 1. The van der Waals surface area contributed by atoms with Gasteiger partial charge in [0.1, 0.15) is 18.3 Å². The molecule has 0 bridgehead atoms. The minimum absolute atomic E-state index is 0.0402. The average Bonchev–Trinajstić information content (AvgIpc) is 3.56. The second-order valence-electron chi connectivity index (χ2n) is 9.35. The maximum atomic E-state index is 13.7. The molecule has 11 heteroatoms. The molecule has 1 heterocycles. The molecule has 2 aromatic rings. The molecule has 0 spiro atoms. The molecule has 1 aliphatic carbocycles. The zero-order valence-electron chi connectivity index (χ0n) is 21.3. The molecule has 0 aromatic heterocycles. The van der Waals surface area contributed by atoms with Crippen molar-refractivity contribution < 1.29 is 32.2 Å². The quantitative estimate of drug-likeness (QED) is 0.501. The summed E-state index contributed by atoms with van der Waals surface area (Å²) in [5.74, 6) is 0.736. The van der Waals surface area contributed by atoms with Crippen molar-refractivity contribution in [3.05, 3.63) is 48.0 Å². The van der Waals surface area contributed by atoms with E-state index in [1.165, 1.54) is 11.0 Å². The van der Waals surface area contributed by atoms with Gasteiger partial charge in [0, 0.05) is 18.7 Å². The number of fused-ring (bicyclic) bond motifs is 1. The number of ether oxygens (including phenoxy) is 3. The Morgan fingerprint density at radius 2 is 1.84 bits per heavy atom. The Labute approximate surface area is 217 Å². The average molecular weight is 532 g/mol. The van der Waals surface area contributed by atoms with Crippen molar-refractivity contribution in [3.63, 3.8) is 0 Å². The molecular weight excluding hydrogens is 498 g/mol. The van der Waals surface area contributed by atoms with Crippen LogP contribution in [0.15, 0.2) is 42.5 Å². The first-order valence-corrected chi connectivity index (χ1v) is 14.1. The molecule has 1 atom stereocenters. The topological polar surface area (TPSA) is 114 Å². The first-order chi connectivity index (χ1) is 17.7. The van der Waals surface area contributed by atoms with Gasteiger partial charge in [-0.25, -0.2) is 8.42 Å². The van der Waals surface area contributed by atoms with Crippen LogP contribution in [0.25, 0.3) is 0 Å². The maximum Gasteiger partial charge on any atom is 0.244 e. The van der Waals surface area contributed by atoms with Gasteiger partial charge in [0.2, 0.25) is 28.6 Å². The zero-order valence-corrected chi connectivity index (χ0v) is 22.1. The van der Waals surface area contributed by atoms with Gasteiger partial charge in [0.15, 0.2) is 11.5 Å². The van der Waals surface area contributed by atoms with Crippen LogP contribution in [-0.2, 0) is 26.2 Å². The van der Waals surface area contributed by atoms with Crippen molar-refractivity contribution in [3.8, 4) is 17.2 Å². The molecule has 37 heavy (non-hydrogen) atoms. The van der Waals surface area contributed by atoms with E-state index in [1.54, 1.807) is 44.4 Å². The lowest BCUT2D eigenvalue weighted by Gasteiger charge is -2.32. The molecule has 0 saturated heterocycles. The van der Waals surface area contributed by atoms with Crippen LogP contribution in [0.1, 0.15) is 38.2 Å². The third-order valence-corrected chi connectivity index (χ3v) is 7.82. The SMILES string of the molecule is COc1cccc(CN(C(=O)CN(c2ccc3c(c2)OCO3)S(C)(=O)=O)C(C)C(=O)NC2CCCC2)c1. The fourth-order valence-corrected chi connectivity index (χ4v) is 5.44. The van der Waals surface area contributed by atoms with Gasteiger partial charge in [-0.1, -0.05) is 25.0 Å². The van der Waals surface area contributed by atoms with Gasteiger partial charge in [-0.05, 0) is 49.6 Å². The third kappa shape index (κ3) is 6.46. The predicted molar refractivity (Wildman–Crippen MR) is 138 cm³/mol. The zero-order chi connectivity index (χ0) is 26.6. The van der Waals surface area contributed by atoms with E-state index >= 15 is 0 Å². The van der Waals surface area contributed by atoms with Gasteiger partial charge in [-0.15, -0.1) is 0 Å². The summed E-state index contributed by atoms with van der Waals surface area (Å²) in [7, 11) is -2.29. The molecule has 1 N–H and O–H groups in total. The number of methoxy groups -OCH3 is 1. The van der Waals surface area contributed by atoms with Crippen LogP contribution in [0.3, 0.4) is 0 Å². The Balaban J connectivity index is 1.60. The monoisotopic (exact) mass is 531 g/mol. The number of hydrogen-bond donors (Lipinski definition) is 1. The Morgan fingerprint density at radius 3 is 2.54 bits per heavy atom. The number of benzene rings is 2. The number of rotatable bonds is 10. The number of carbonyl (C=O) groups is 2. The van der Waals surface area contributed by atoms with Crippen molar-refractivity contribution in [1.29, 1.82) is 0 Å². The smallest absolute Gasteiger partial charge is 0.244 e. The number of nitrogens with zero attached hydrogens (tertiary/aromatic N) is 2. The van der Waals surface area contributed by atoms with E-state index in [0.717, 1.165) is 41.8 Å². The molecule has 4 rings (SSSR count). The second kappa shape index (κ2) is 11.3. The summed E-state index contributed by atoms with van der Waals surface area (Å²) in [5, 5.41) is 3.05. The number of carbonyl (C=O) groups excluding carboxylic acids is 2. The van der Waals surface area contributed by atoms with Crippen LogP contribution in [0, 0.1) is 0 Å². The van der Waals surface area contributed by atoms with Crippen LogP contribution in [0.2, 0.25) is 0 Å². The van der Waals surface area contributed by atoms with Crippen molar-refractivity contribution in [2.75, 3.05) is 31.0 Å². The van der Waals surface area contributed by atoms with Gasteiger partial charge in [0.05, 0.1) is 19.1 Å². The second-order valence-corrected chi connectivity index (χ2v) is 11.3. The number of hydrogen-bond acceptors (Lipinski definition) is 7. The predicted octanol–water partition coefficient (Wildman–Crippen LogP) is 2.67. The van der Waals surface area contributed by atoms with E-state index < -0.39 is 28.5 Å². The highest BCUT2D eigenvalue weighted by Crippen LogP contribution is 2.36. The highest BCUT2D eigenvalue weighted by atomic mass is 32.2. The standard InChI is InChI=1S/C26H33N3O7S/c1-18(26(31)27-20-8-4-5-9-20)28(15-19-7-6-10-22(13-19)34-2)25(30)16-29(37(3,32)33)21-11-12-23-24(14-21)36-17-35-23/h6-7,10-14,18,20H,4-5,8-9,15-17H2,1-3H3,(H,27,31). The van der Waals surface area contributed by atoms with E-state index in [1.807, 2.05) is 6.07 Å². The Morgan fingerprint density at radius 1 is 1.11 bits per heavy atom. The van der Waals surface area contributed by atoms with Crippen molar-refractivity contribution in [1.82, 2.24) is 10.2 Å². The molecule has 1 saturated carbocycles. The maximum absolute atomic E-state index is 13.7. The molecule has 1 fully saturated rings. The molecule has 0 radical (unpaired) electrons. The van der Waals surface area contributed by atoms with Crippen LogP contribution in [-0.4, -0.2) is 63.9 Å². The van der Waals surface area contributed by atoms with Gasteiger partial charge < -0.3 is 24.4 Å². The minimum Gasteiger partial charge on any atom is -0.497 e. The van der Waals surface area contributed by atoms with E-state index in [2.05, 4.69) is 5.32 Å². The fraction of sp³-hybridized carbons (Fsp3) is 0.462. The fourth-order valence-electron chi connectivity index (χ4n) is 4.60. The third-order valence-electron chi connectivity index (χ3n) is 6.68. The number of sulfonamides is 1. The highest BCUT2D eigenvalue weighted by molar-refractivity contribution is 7.92. The molecule has 2 aromatic carbocycles. The highest BCUT2D eigenvalue weighted by Gasteiger charge is 2.32. The largest absolute Gasteiger partial charge is 0.497 e. The van der Waals surface area contributed by atoms with Gasteiger partial charge in [-0.2, -0.15) is 0 Å². The molecule has 200 valence electrons. The van der Waals surface area contributed by atoms with Crippen molar-refractivity contribution in [2.24, 2.45) is 0 Å². The Kier molecular flexibility index (Phi) is 8.11. The summed E-state index contributed by atoms with van der Waals surface area (Å²) in [5.41, 5.74) is 1.02. The minimum atomic E-state index is -3.84. The summed E-state index contributed by atoms with van der Waals surface area (Å²) in [6.45, 7) is 1.32. The normalized spacial score (nSPS) is 15.8. The van der Waals surface area contributed by atoms with E-state index in [9.17, 15) is 18.0 Å². The van der Waals surface area contributed by atoms with E-state index in [0.29, 0.717) is 17.2 Å². The molecule has 10 nitrogen and oxygen atoms in total. The summed E-state index contributed by atoms with van der Waals surface area (Å²) in [6.07, 6.45) is 4.98.